The van der Waals surface area contributed by atoms with Gasteiger partial charge in [0.15, 0.2) is 0 Å². The van der Waals surface area contributed by atoms with Gasteiger partial charge in [-0.25, -0.2) is 0 Å². The van der Waals surface area contributed by atoms with E-state index in [4.69, 9.17) is 0 Å². The van der Waals surface area contributed by atoms with Crippen molar-refractivity contribution in [3.05, 3.63) is 0 Å². The molecule has 2 nitrogen and oxygen atoms in total. The van der Waals surface area contributed by atoms with Crippen LogP contribution < -0.4 is 5.32 Å². The van der Waals surface area contributed by atoms with Crippen molar-refractivity contribution in [2.75, 3.05) is 20.1 Å². The average Bonchev–Trinajstić information content (AvgIpc) is 2.12. The lowest BCUT2D eigenvalue weighted by Crippen LogP contribution is -2.49. The fourth-order valence-electron chi connectivity index (χ4n) is 1.70. The van der Waals surface area contributed by atoms with Gasteiger partial charge in [-0.2, -0.15) is 13.2 Å². The highest BCUT2D eigenvalue weighted by molar-refractivity contribution is 4.84. The third-order valence-electron chi connectivity index (χ3n) is 3.33. The molecule has 0 rings (SSSR count). The molecule has 0 heterocycles. The van der Waals surface area contributed by atoms with Crippen LogP contribution in [0.3, 0.4) is 0 Å². The van der Waals surface area contributed by atoms with Gasteiger partial charge in [0.05, 0.1) is 6.54 Å². The number of halogens is 3. The van der Waals surface area contributed by atoms with E-state index in [0.717, 1.165) is 0 Å². The lowest BCUT2D eigenvalue weighted by molar-refractivity contribution is -0.153. The van der Waals surface area contributed by atoms with Gasteiger partial charge in [-0.05, 0) is 33.2 Å². The van der Waals surface area contributed by atoms with Gasteiger partial charge in [-0.15, -0.1) is 0 Å². The fourth-order valence-corrected chi connectivity index (χ4v) is 1.70. The van der Waals surface area contributed by atoms with Crippen molar-refractivity contribution < 1.29 is 13.2 Å². The summed E-state index contributed by atoms with van der Waals surface area (Å²) in [4.78, 5) is 1.48. The average molecular weight is 254 g/mol. The first-order valence-corrected chi connectivity index (χ1v) is 5.97. The number of rotatable bonds is 6. The smallest absolute Gasteiger partial charge is 0.317 e. The molecule has 0 aromatic carbocycles. The van der Waals surface area contributed by atoms with Crippen LogP contribution >= 0.6 is 0 Å². The maximum Gasteiger partial charge on any atom is 0.401 e. The predicted octanol–water partition coefficient (Wildman–Crippen LogP) is 2.89. The van der Waals surface area contributed by atoms with Gasteiger partial charge in [-0.3, -0.25) is 4.90 Å². The molecule has 0 fully saturated rings. The van der Waals surface area contributed by atoms with Crippen LogP contribution in [0.2, 0.25) is 0 Å². The Morgan fingerprint density at radius 3 is 1.82 bits per heavy atom. The van der Waals surface area contributed by atoms with Gasteiger partial charge < -0.3 is 5.32 Å². The number of alkyl halides is 3. The highest BCUT2D eigenvalue weighted by atomic mass is 19.4. The van der Waals surface area contributed by atoms with E-state index in [1.807, 2.05) is 27.8 Å². The summed E-state index contributed by atoms with van der Waals surface area (Å²) < 4.78 is 37.4. The second-order valence-corrected chi connectivity index (χ2v) is 5.61. The molecular formula is C12H25F3N2. The Hall–Kier alpha value is -0.290. The zero-order chi connectivity index (χ0) is 13.9. The van der Waals surface area contributed by atoms with Crippen LogP contribution in [0.5, 0.6) is 0 Å². The van der Waals surface area contributed by atoms with E-state index in [0.29, 0.717) is 6.54 Å². The topological polar surface area (TPSA) is 15.3 Å². The molecule has 0 aromatic heterocycles. The number of hydrogen-bond acceptors (Lipinski definition) is 2. The van der Waals surface area contributed by atoms with E-state index in [2.05, 4.69) is 5.32 Å². The van der Waals surface area contributed by atoms with Crippen LogP contribution in [-0.4, -0.2) is 43.3 Å². The summed E-state index contributed by atoms with van der Waals surface area (Å²) in [5.74, 6) is 0. The highest BCUT2D eigenvalue weighted by Gasteiger charge is 2.35. The lowest BCUT2D eigenvalue weighted by Gasteiger charge is -2.39. The molecule has 1 unspecified atom stereocenters. The first-order valence-electron chi connectivity index (χ1n) is 5.97. The van der Waals surface area contributed by atoms with E-state index < -0.39 is 12.7 Å². The monoisotopic (exact) mass is 254 g/mol. The Morgan fingerprint density at radius 2 is 1.53 bits per heavy atom. The summed E-state index contributed by atoms with van der Waals surface area (Å²) in [5, 5.41) is 3.10. The molecule has 0 radical (unpaired) electrons. The van der Waals surface area contributed by atoms with E-state index in [1.54, 1.807) is 13.8 Å². The number of hydrogen-bond donors (Lipinski definition) is 1. The molecule has 0 bridgehead atoms. The van der Waals surface area contributed by atoms with Gasteiger partial charge in [-0.1, -0.05) is 13.8 Å². The molecule has 0 aliphatic heterocycles. The maximum absolute atomic E-state index is 12.5. The predicted molar refractivity (Wildman–Crippen MR) is 65.1 cm³/mol. The van der Waals surface area contributed by atoms with Crippen molar-refractivity contribution in [2.24, 2.45) is 5.41 Å². The molecule has 0 saturated carbocycles. The standard InChI is InChI=1S/C12H25F3N2/c1-9(2)17(8-12(13,14)15)7-11(4,5)10(3)16-6/h9-10,16H,7-8H2,1-6H3. The SMILES string of the molecule is CNC(C)C(C)(C)CN(CC(F)(F)F)C(C)C. The summed E-state index contributed by atoms with van der Waals surface area (Å²) in [5.41, 5.74) is -0.204. The summed E-state index contributed by atoms with van der Waals surface area (Å²) in [7, 11) is 1.83. The van der Waals surface area contributed by atoms with E-state index in [-0.39, 0.29) is 17.5 Å². The number of nitrogens with one attached hydrogen (secondary N) is 1. The Bertz CT molecular complexity index is 224. The second-order valence-electron chi connectivity index (χ2n) is 5.61. The number of nitrogens with zero attached hydrogens (tertiary/aromatic N) is 1. The van der Waals surface area contributed by atoms with Crippen LogP contribution in [0.15, 0.2) is 0 Å². The summed E-state index contributed by atoms with van der Waals surface area (Å²) in [6.45, 7) is 9.14. The summed E-state index contributed by atoms with van der Waals surface area (Å²) in [6, 6.07) is 0.0527. The third kappa shape index (κ3) is 6.27. The second kappa shape index (κ2) is 6.05. The minimum Gasteiger partial charge on any atom is -0.317 e. The first kappa shape index (κ1) is 16.7. The van der Waals surface area contributed by atoms with Gasteiger partial charge in [0.2, 0.25) is 0 Å². The Kier molecular flexibility index (Phi) is 5.94. The summed E-state index contributed by atoms with van der Waals surface area (Å²) >= 11 is 0. The van der Waals surface area contributed by atoms with Crippen molar-refractivity contribution in [2.45, 2.75) is 52.9 Å². The first-order chi connectivity index (χ1) is 7.49. The van der Waals surface area contributed by atoms with Gasteiger partial charge in [0.1, 0.15) is 0 Å². The molecule has 1 N–H and O–H groups in total. The van der Waals surface area contributed by atoms with Crippen LogP contribution in [-0.2, 0) is 0 Å². The third-order valence-corrected chi connectivity index (χ3v) is 3.33. The largest absolute Gasteiger partial charge is 0.401 e. The van der Waals surface area contributed by atoms with Crippen LogP contribution in [0.1, 0.15) is 34.6 Å². The molecule has 0 aliphatic rings. The van der Waals surface area contributed by atoms with E-state index in [1.165, 1.54) is 4.90 Å². The Morgan fingerprint density at radius 1 is 1.06 bits per heavy atom. The zero-order valence-electron chi connectivity index (χ0n) is 11.7. The van der Waals surface area contributed by atoms with Crippen LogP contribution in [0, 0.1) is 5.41 Å². The highest BCUT2D eigenvalue weighted by Crippen LogP contribution is 2.26. The van der Waals surface area contributed by atoms with Crippen molar-refractivity contribution >= 4 is 0 Å². The molecule has 0 aromatic rings. The zero-order valence-corrected chi connectivity index (χ0v) is 11.7. The van der Waals surface area contributed by atoms with Crippen molar-refractivity contribution in [1.29, 1.82) is 0 Å². The van der Waals surface area contributed by atoms with Gasteiger partial charge in [0, 0.05) is 18.6 Å². The Balaban J connectivity index is 4.65. The van der Waals surface area contributed by atoms with Gasteiger partial charge >= 0.3 is 6.18 Å². The normalized spacial score (nSPS) is 15.7. The lowest BCUT2D eigenvalue weighted by atomic mass is 9.84. The minimum absolute atomic E-state index is 0.111. The molecule has 0 spiro atoms. The van der Waals surface area contributed by atoms with E-state index in [9.17, 15) is 13.2 Å². The van der Waals surface area contributed by atoms with E-state index >= 15 is 0 Å². The molecule has 17 heavy (non-hydrogen) atoms. The van der Waals surface area contributed by atoms with Crippen LogP contribution in [0.25, 0.3) is 0 Å². The Labute approximate surface area is 103 Å². The molecule has 0 aliphatic carbocycles. The molecule has 0 saturated heterocycles. The molecular weight excluding hydrogens is 229 g/mol. The van der Waals surface area contributed by atoms with Crippen molar-refractivity contribution in [3.8, 4) is 0 Å². The minimum atomic E-state index is -4.14. The summed E-state index contributed by atoms with van der Waals surface area (Å²) in [6.07, 6.45) is -4.14. The van der Waals surface area contributed by atoms with Crippen molar-refractivity contribution in [1.82, 2.24) is 10.2 Å². The molecule has 0 amide bonds. The maximum atomic E-state index is 12.5. The molecule has 1 atom stereocenters. The fraction of sp³-hybridized carbons (Fsp3) is 1.00. The quantitative estimate of drug-likeness (QED) is 0.784. The van der Waals surface area contributed by atoms with Crippen molar-refractivity contribution in [3.63, 3.8) is 0 Å². The van der Waals surface area contributed by atoms with Crippen LogP contribution in [0.4, 0.5) is 13.2 Å². The molecule has 104 valence electrons. The molecule has 5 heteroatoms. The van der Waals surface area contributed by atoms with Gasteiger partial charge in [0.25, 0.3) is 0 Å².